The van der Waals surface area contributed by atoms with Crippen molar-refractivity contribution in [2.75, 3.05) is 39.3 Å². The zero-order valence-electron chi connectivity index (χ0n) is 8.19. The molecule has 0 aromatic heterocycles. The molecule has 0 unspecified atom stereocenters. The second-order valence-corrected chi connectivity index (χ2v) is 4.30. The van der Waals surface area contributed by atoms with Crippen LogP contribution in [0.25, 0.3) is 0 Å². The Labute approximate surface area is 95.1 Å². The minimum absolute atomic E-state index is 1.06. The fourth-order valence-electron chi connectivity index (χ4n) is 1.69. The van der Waals surface area contributed by atoms with E-state index in [1.165, 1.54) is 38.9 Å². The largest absolute Gasteiger partial charge is 0.315 e. The molecule has 0 amide bonds. The van der Waals surface area contributed by atoms with E-state index >= 15 is 0 Å². The highest BCUT2D eigenvalue weighted by atomic mass is 127. The van der Waals surface area contributed by atoms with E-state index in [9.17, 15) is 0 Å². The number of hydrogen-bond acceptors (Lipinski definition) is 3. The van der Waals surface area contributed by atoms with Gasteiger partial charge < -0.3 is 10.2 Å². The molecule has 1 fully saturated rings. The average Bonchev–Trinajstić information content (AvgIpc) is 2.63. The molecule has 1 aliphatic heterocycles. The molecule has 0 spiro atoms. The maximum Gasteiger partial charge on any atom is 0.0175 e. The molecular weight excluding hydrogens is 277 g/mol. The number of nitrogens with zero attached hydrogens (tertiary/aromatic N) is 1. The van der Waals surface area contributed by atoms with Crippen LogP contribution in [0.2, 0.25) is 0 Å². The third-order valence-electron chi connectivity index (χ3n) is 2.42. The van der Waals surface area contributed by atoms with Crippen LogP contribution in [0.15, 0.2) is 0 Å². The van der Waals surface area contributed by atoms with Crippen LogP contribution in [0.1, 0.15) is 19.3 Å². The average molecular weight is 297 g/mol. The zero-order chi connectivity index (χ0) is 9.36. The Morgan fingerprint density at radius 2 is 1.85 bits per heavy atom. The van der Waals surface area contributed by atoms with E-state index < -0.39 is 0 Å². The van der Waals surface area contributed by atoms with E-state index in [-0.39, 0.29) is 0 Å². The normalized spacial score (nSPS) is 18.2. The summed E-state index contributed by atoms with van der Waals surface area (Å²) in [5.74, 6) is 0. The van der Waals surface area contributed by atoms with Crippen LogP contribution < -0.4 is 8.85 Å². The van der Waals surface area contributed by atoms with Crippen molar-refractivity contribution in [3.05, 3.63) is 0 Å². The number of nitrogens with one attached hydrogen (secondary N) is 2. The molecule has 0 atom stereocenters. The Morgan fingerprint density at radius 1 is 1.08 bits per heavy atom. The van der Waals surface area contributed by atoms with Crippen molar-refractivity contribution < 1.29 is 0 Å². The summed E-state index contributed by atoms with van der Waals surface area (Å²) < 4.78 is 3.10. The highest BCUT2D eigenvalue weighted by Gasteiger charge is 2.09. The van der Waals surface area contributed by atoms with Gasteiger partial charge in [0.1, 0.15) is 0 Å². The quantitative estimate of drug-likeness (QED) is 0.417. The predicted octanol–water partition coefficient (Wildman–Crippen LogP) is 1.00. The highest BCUT2D eigenvalue weighted by Crippen LogP contribution is 2.06. The lowest BCUT2D eigenvalue weighted by molar-refractivity contribution is 0.331. The molecule has 3 nitrogen and oxygen atoms in total. The maximum atomic E-state index is 3.42. The SMILES string of the molecule is INCCNCCCN1CCCC1. The molecule has 1 aliphatic rings. The van der Waals surface area contributed by atoms with Crippen molar-refractivity contribution in [3.8, 4) is 0 Å². The van der Waals surface area contributed by atoms with Crippen molar-refractivity contribution in [1.82, 2.24) is 13.7 Å². The third kappa shape index (κ3) is 5.83. The molecule has 2 N–H and O–H groups in total. The first-order valence-electron chi connectivity index (χ1n) is 5.20. The summed E-state index contributed by atoms with van der Waals surface area (Å²) in [5.41, 5.74) is 0. The Hall–Kier alpha value is 0.610. The molecule has 0 aliphatic carbocycles. The molecule has 0 aromatic rings. The predicted molar refractivity (Wildman–Crippen MR) is 65.2 cm³/mol. The molecule has 4 heteroatoms. The van der Waals surface area contributed by atoms with Crippen molar-refractivity contribution in [2.45, 2.75) is 19.3 Å². The summed E-state index contributed by atoms with van der Waals surface area (Å²) >= 11 is 2.18. The first-order chi connectivity index (χ1) is 6.43. The van der Waals surface area contributed by atoms with E-state index in [0.29, 0.717) is 0 Å². The molecule has 13 heavy (non-hydrogen) atoms. The van der Waals surface area contributed by atoms with E-state index in [1.54, 1.807) is 0 Å². The van der Waals surface area contributed by atoms with E-state index in [4.69, 9.17) is 0 Å². The van der Waals surface area contributed by atoms with Crippen molar-refractivity contribution >= 4 is 22.9 Å². The van der Waals surface area contributed by atoms with Crippen molar-refractivity contribution in [2.24, 2.45) is 0 Å². The topological polar surface area (TPSA) is 27.3 Å². The summed E-state index contributed by atoms with van der Waals surface area (Å²) in [6.07, 6.45) is 4.11. The van der Waals surface area contributed by atoms with E-state index in [2.05, 4.69) is 36.6 Å². The maximum absolute atomic E-state index is 3.42. The third-order valence-corrected chi connectivity index (χ3v) is 2.96. The van der Waals surface area contributed by atoms with Gasteiger partial charge in [-0.05, 0) is 45.4 Å². The van der Waals surface area contributed by atoms with Crippen LogP contribution in [0.5, 0.6) is 0 Å². The van der Waals surface area contributed by atoms with Gasteiger partial charge in [0, 0.05) is 36.0 Å². The monoisotopic (exact) mass is 297 g/mol. The lowest BCUT2D eigenvalue weighted by Gasteiger charge is -2.14. The molecule has 1 heterocycles. The highest BCUT2D eigenvalue weighted by molar-refractivity contribution is 14.1. The van der Waals surface area contributed by atoms with Gasteiger partial charge in [0.25, 0.3) is 0 Å². The summed E-state index contributed by atoms with van der Waals surface area (Å²) in [6, 6.07) is 0. The first kappa shape index (κ1) is 11.7. The molecular formula is C9H20IN3. The fraction of sp³-hybridized carbons (Fsp3) is 1.00. The summed E-state index contributed by atoms with van der Waals surface area (Å²) in [4.78, 5) is 2.57. The lowest BCUT2D eigenvalue weighted by Crippen LogP contribution is -2.27. The number of rotatable bonds is 7. The molecule has 0 radical (unpaired) electrons. The lowest BCUT2D eigenvalue weighted by atomic mass is 10.4. The van der Waals surface area contributed by atoms with Gasteiger partial charge in [0.05, 0.1) is 0 Å². The van der Waals surface area contributed by atoms with Crippen LogP contribution in [0.4, 0.5) is 0 Å². The van der Waals surface area contributed by atoms with Crippen LogP contribution in [0, 0.1) is 0 Å². The van der Waals surface area contributed by atoms with E-state index in [1.807, 2.05) is 0 Å². The second kappa shape index (κ2) is 7.96. The zero-order valence-corrected chi connectivity index (χ0v) is 10.3. The second-order valence-electron chi connectivity index (χ2n) is 3.54. The minimum atomic E-state index is 1.06. The summed E-state index contributed by atoms with van der Waals surface area (Å²) in [5, 5.41) is 3.42. The Morgan fingerprint density at radius 3 is 2.54 bits per heavy atom. The first-order valence-corrected chi connectivity index (χ1v) is 6.28. The summed E-state index contributed by atoms with van der Waals surface area (Å²) in [6.45, 7) is 7.25. The van der Waals surface area contributed by atoms with Gasteiger partial charge in [-0.15, -0.1) is 0 Å². The molecule has 0 bridgehead atoms. The van der Waals surface area contributed by atoms with E-state index in [0.717, 1.165) is 19.6 Å². The number of hydrogen-bond donors (Lipinski definition) is 2. The Bertz CT molecular complexity index is 115. The van der Waals surface area contributed by atoms with Crippen LogP contribution in [0.3, 0.4) is 0 Å². The van der Waals surface area contributed by atoms with Gasteiger partial charge in [0.15, 0.2) is 0 Å². The van der Waals surface area contributed by atoms with Crippen LogP contribution in [-0.4, -0.2) is 44.2 Å². The summed E-state index contributed by atoms with van der Waals surface area (Å²) in [7, 11) is 0. The molecule has 1 saturated heterocycles. The van der Waals surface area contributed by atoms with Gasteiger partial charge in [-0.1, -0.05) is 0 Å². The smallest absolute Gasteiger partial charge is 0.0175 e. The fourth-order valence-corrected chi connectivity index (χ4v) is 1.96. The van der Waals surface area contributed by atoms with Crippen molar-refractivity contribution in [3.63, 3.8) is 0 Å². The van der Waals surface area contributed by atoms with Crippen LogP contribution >= 0.6 is 22.9 Å². The van der Waals surface area contributed by atoms with Gasteiger partial charge in [-0.25, -0.2) is 0 Å². The molecule has 1 rings (SSSR count). The Kier molecular flexibility index (Phi) is 7.16. The van der Waals surface area contributed by atoms with Crippen LogP contribution in [-0.2, 0) is 0 Å². The number of halogens is 1. The van der Waals surface area contributed by atoms with Gasteiger partial charge in [-0.2, -0.15) is 0 Å². The molecule has 78 valence electrons. The standard InChI is InChI=1S/C9H20IN3/c10-12-6-5-11-4-3-9-13-7-1-2-8-13/h11-12H,1-9H2. The molecule has 0 aromatic carbocycles. The molecule has 0 saturated carbocycles. The Balaban J connectivity index is 1.78. The minimum Gasteiger partial charge on any atom is -0.315 e. The van der Waals surface area contributed by atoms with Gasteiger partial charge in [-0.3, -0.25) is 3.53 Å². The van der Waals surface area contributed by atoms with Gasteiger partial charge in [0.2, 0.25) is 0 Å². The number of likely N-dealkylation sites (tertiary alicyclic amines) is 1. The van der Waals surface area contributed by atoms with Gasteiger partial charge >= 0.3 is 0 Å². The van der Waals surface area contributed by atoms with Crippen molar-refractivity contribution in [1.29, 1.82) is 0 Å².